The fourth-order valence-electron chi connectivity index (χ4n) is 3.00. The molecule has 0 radical (unpaired) electrons. The van der Waals surface area contributed by atoms with Gasteiger partial charge in [0.15, 0.2) is 5.76 Å². The van der Waals surface area contributed by atoms with Crippen molar-refractivity contribution in [1.29, 1.82) is 0 Å². The van der Waals surface area contributed by atoms with Crippen molar-refractivity contribution in [2.75, 3.05) is 0 Å². The molecule has 0 saturated heterocycles. The number of hydrogen-bond donors (Lipinski definition) is 0. The summed E-state index contributed by atoms with van der Waals surface area (Å²) in [5.41, 5.74) is 2.10. The Balaban J connectivity index is 1.59. The second kappa shape index (κ2) is 7.64. The normalized spacial score (nSPS) is 13.9. The SMILES string of the molecule is Cc1cc(OC(=O)c2ccc(Br)cc2)cc2c1C(=O)/C(=C/c1ccc(F)cc1)O2. The van der Waals surface area contributed by atoms with E-state index in [1.807, 2.05) is 0 Å². The maximum Gasteiger partial charge on any atom is 0.343 e. The van der Waals surface area contributed by atoms with Gasteiger partial charge in [-0.3, -0.25) is 4.79 Å². The number of allylic oxidation sites excluding steroid dienone is 1. The summed E-state index contributed by atoms with van der Waals surface area (Å²) in [5, 5.41) is 0. The van der Waals surface area contributed by atoms with Crippen LogP contribution in [0.25, 0.3) is 6.08 Å². The van der Waals surface area contributed by atoms with Crippen LogP contribution in [0.1, 0.15) is 31.8 Å². The minimum Gasteiger partial charge on any atom is -0.452 e. The smallest absolute Gasteiger partial charge is 0.343 e. The standard InChI is InChI=1S/C23H14BrFO4/c1-13-10-18(28-23(27)15-4-6-16(24)7-5-15)12-19-21(13)22(26)20(29-19)11-14-2-8-17(25)9-3-14/h2-12H,1H3/b20-11-. The van der Waals surface area contributed by atoms with E-state index in [0.717, 1.165) is 4.47 Å². The van der Waals surface area contributed by atoms with Crippen molar-refractivity contribution in [2.24, 2.45) is 0 Å². The molecule has 0 aliphatic carbocycles. The van der Waals surface area contributed by atoms with Crippen molar-refractivity contribution in [1.82, 2.24) is 0 Å². The van der Waals surface area contributed by atoms with Crippen LogP contribution in [0.5, 0.6) is 11.5 Å². The number of carbonyl (C=O) groups is 2. The number of halogens is 2. The molecule has 1 heterocycles. The zero-order valence-corrected chi connectivity index (χ0v) is 16.8. The van der Waals surface area contributed by atoms with Gasteiger partial charge in [-0.15, -0.1) is 0 Å². The minimum absolute atomic E-state index is 0.131. The highest BCUT2D eigenvalue weighted by molar-refractivity contribution is 9.10. The van der Waals surface area contributed by atoms with Gasteiger partial charge in [0.2, 0.25) is 5.78 Å². The first-order chi connectivity index (χ1) is 13.9. The van der Waals surface area contributed by atoms with Gasteiger partial charge in [0.25, 0.3) is 0 Å². The lowest BCUT2D eigenvalue weighted by molar-refractivity contribution is 0.0734. The van der Waals surface area contributed by atoms with Crippen LogP contribution in [0.3, 0.4) is 0 Å². The molecule has 29 heavy (non-hydrogen) atoms. The molecule has 0 amide bonds. The third-order valence-electron chi connectivity index (χ3n) is 4.40. The van der Waals surface area contributed by atoms with Crippen LogP contribution in [0, 0.1) is 12.7 Å². The first kappa shape index (κ1) is 19.1. The van der Waals surface area contributed by atoms with E-state index in [-0.39, 0.29) is 23.1 Å². The summed E-state index contributed by atoms with van der Waals surface area (Å²) in [6.07, 6.45) is 1.55. The Morgan fingerprint density at radius 3 is 2.45 bits per heavy atom. The quantitative estimate of drug-likeness (QED) is 0.289. The summed E-state index contributed by atoms with van der Waals surface area (Å²) < 4.78 is 25.1. The Kier molecular flexibility index (Phi) is 5.03. The molecule has 3 aromatic carbocycles. The van der Waals surface area contributed by atoms with Crippen LogP contribution in [0.15, 0.2) is 70.9 Å². The van der Waals surface area contributed by atoms with Gasteiger partial charge in [-0.1, -0.05) is 28.1 Å². The molecule has 0 atom stereocenters. The number of ether oxygens (including phenoxy) is 2. The molecule has 144 valence electrons. The maximum atomic E-state index is 13.1. The fourth-order valence-corrected chi connectivity index (χ4v) is 3.26. The minimum atomic E-state index is -0.511. The Morgan fingerprint density at radius 2 is 1.76 bits per heavy atom. The molecule has 0 unspecified atom stereocenters. The number of rotatable bonds is 3. The zero-order valence-electron chi connectivity index (χ0n) is 15.2. The lowest BCUT2D eigenvalue weighted by Crippen LogP contribution is -2.08. The number of ketones is 1. The average Bonchev–Trinajstić information content (AvgIpc) is 3.00. The summed E-state index contributed by atoms with van der Waals surface area (Å²) >= 11 is 3.32. The predicted octanol–water partition coefficient (Wildman–Crippen LogP) is 5.73. The fraction of sp³-hybridized carbons (Fsp3) is 0.0435. The summed E-state index contributed by atoms with van der Waals surface area (Å²) in [5.74, 6) is -0.406. The molecule has 6 heteroatoms. The molecule has 0 fully saturated rings. The summed E-state index contributed by atoms with van der Waals surface area (Å²) in [6.45, 7) is 1.75. The summed E-state index contributed by atoms with van der Waals surface area (Å²) in [6, 6.07) is 15.7. The van der Waals surface area contributed by atoms with E-state index in [1.54, 1.807) is 55.5 Å². The van der Waals surface area contributed by atoms with E-state index >= 15 is 0 Å². The lowest BCUT2D eigenvalue weighted by atomic mass is 10.0. The molecule has 4 rings (SSSR count). The van der Waals surface area contributed by atoms with Crippen LogP contribution in [-0.4, -0.2) is 11.8 Å². The van der Waals surface area contributed by atoms with Crippen molar-refractivity contribution < 1.29 is 23.5 Å². The molecule has 0 bridgehead atoms. The van der Waals surface area contributed by atoms with Crippen LogP contribution in [0.2, 0.25) is 0 Å². The molecule has 3 aromatic rings. The molecular formula is C23H14BrFO4. The molecule has 0 saturated carbocycles. The summed E-state index contributed by atoms with van der Waals surface area (Å²) in [4.78, 5) is 25.0. The molecule has 4 nitrogen and oxygen atoms in total. The van der Waals surface area contributed by atoms with E-state index in [4.69, 9.17) is 9.47 Å². The molecule has 0 spiro atoms. The summed E-state index contributed by atoms with van der Waals surface area (Å²) in [7, 11) is 0. The molecule has 0 N–H and O–H groups in total. The van der Waals surface area contributed by atoms with Gasteiger partial charge in [0, 0.05) is 10.5 Å². The van der Waals surface area contributed by atoms with Gasteiger partial charge < -0.3 is 9.47 Å². The third kappa shape index (κ3) is 3.98. The van der Waals surface area contributed by atoms with E-state index in [0.29, 0.717) is 28.0 Å². The first-order valence-electron chi connectivity index (χ1n) is 8.73. The van der Waals surface area contributed by atoms with Gasteiger partial charge in [0.05, 0.1) is 11.1 Å². The predicted molar refractivity (Wildman–Crippen MR) is 110 cm³/mol. The van der Waals surface area contributed by atoms with E-state index in [2.05, 4.69) is 15.9 Å². The average molecular weight is 453 g/mol. The second-order valence-corrected chi connectivity index (χ2v) is 7.42. The van der Waals surface area contributed by atoms with Crippen molar-refractivity contribution in [2.45, 2.75) is 6.92 Å². The number of aryl methyl sites for hydroxylation is 1. The van der Waals surface area contributed by atoms with Crippen LogP contribution >= 0.6 is 15.9 Å². The first-order valence-corrected chi connectivity index (χ1v) is 9.52. The van der Waals surface area contributed by atoms with E-state index in [1.165, 1.54) is 18.2 Å². The van der Waals surface area contributed by atoms with Crippen molar-refractivity contribution in [3.05, 3.63) is 99.0 Å². The Hall–Kier alpha value is -3.25. The molecule has 1 aliphatic heterocycles. The lowest BCUT2D eigenvalue weighted by Gasteiger charge is -2.08. The number of hydrogen-bond acceptors (Lipinski definition) is 4. The Bertz CT molecular complexity index is 1150. The number of fused-ring (bicyclic) bond motifs is 1. The largest absolute Gasteiger partial charge is 0.452 e. The van der Waals surface area contributed by atoms with Crippen molar-refractivity contribution >= 4 is 33.8 Å². The molecule has 0 aromatic heterocycles. The monoisotopic (exact) mass is 452 g/mol. The van der Waals surface area contributed by atoms with Crippen molar-refractivity contribution in [3.63, 3.8) is 0 Å². The van der Waals surface area contributed by atoms with Crippen LogP contribution in [0.4, 0.5) is 4.39 Å². The highest BCUT2D eigenvalue weighted by atomic mass is 79.9. The second-order valence-electron chi connectivity index (χ2n) is 6.50. The zero-order chi connectivity index (χ0) is 20.5. The van der Waals surface area contributed by atoms with Crippen molar-refractivity contribution in [3.8, 4) is 11.5 Å². The Labute approximate surface area is 174 Å². The van der Waals surface area contributed by atoms with Gasteiger partial charge in [0.1, 0.15) is 17.3 Å². The van der Waals surface area contributed by atoms with Crippen LogP contribution in [-0.2, 0) is 0 Å². The maximum absolute atomic E-state index is 13.1. The van der Waals surface area contributed by atoms with Gasteiger partial charge >= 0.3 is 5.97 Å². The van der Waals surface area contributed by atoms with Crippen LogP contribution < -0.4 is 9.47 Å². The number of carbonyl (C=O) groups excluding carboxylic acids is 2. The number of esters is 1. The highest BCUT2D eigenvalue weighted by Gasteiger charge is 2.30. The third-order valence-corrected chi connectivity index (χ3v) is 4.93. The number of benzene rings is 3. The molecular weight excluding hydrogens is 439 g/mol. The number of Topliss-reactive ketones (excluding diaryl/α,β-unsaturated/α-hetero) is 1. The molecule has 1 aliphatic rings. The van der Waals surface area contributed by atoms with Gasteiger partial charge in [-0.2, -0.15) is 0 Å². The Morgan fingerprint density at radius 1 is 1.07 bits per heavy atom. The van der Waals surface area contributed by atoms with E-state index in [9.17, 15) is 14.0 Å². The van der Waals surface area contributed by atoms with Gasteiger partial charge in [-0.25, -0.2) is 9.18 Å². The highest BCUT2D eigenvalue weighted by Crippen LogP contribution is 2.37. The van der Waals surface area contributed by atoms with Gasteiger partial charge in [-0.05, 0) is 66.6 Å². The van der Waals surface area contributed by atoms with E-state index < -0.39 is 5.97 Å². The topological polar surface area (TPSA) is 52.6 Å².